The molecule has 0 amide bonds. The zero-order valence-corrected chi connectivity index (χ0v) is 8.47. The standard InChI is InChI=1S/C8H5F3N2O5/c9-8(10,11)3-18-6-1-4(7(14)15)5(2-12-6)13(16)17/h1-2H,3H2,(H,14,15). The van der Waals surface area contributed by atoms with Gasteiger partial charge in [-0.1, -0.05) is 0 Å². The number of rotatable bonds is 4. The number of carboxylic acid groups (broad SMARTS) is 1. The smallest absolute Gasteiger partial charge is 0.422 e. The van der Waals surface area contributed by atoms with Crippen molar-refractivity contribution in [2.75, 3.05) is 6.61 Å². The molecule has 0 atom stereocenters. The van der Waals surface area contributed by atoms with E-state index in [4.69, 9.17) is 5.11 Å². The predicted octanol–water partition coefficient (Wildman–Crippen LogP) is 1.63. The second kappa shape index (κ2) is 4.85. The molecule has 18 heavy (non-hydrogen) atoms. The zero-order valence-electron chi connectivity index (χ0n) is 8.47. The van der Waals surface area contributed by atoms with Gasteiger partial charge in [0, 0.05) is 6.07 Å². The molecular weight excluding hydrogens is 261 g/mol. The molecule has 1 heterocycles. The fraction of sp³-hybridized carbons (Fsp3) is 0.250. The third-order valence-electron chi connectivity index (χ3n) is 1.67. The van der Waals surface area contributed by atoms with Gasteiger partial charge < -0.3 is 9.84 Å². The van der Waals surface area contributed by atoms with Crippen LogP contribution in [0.4, 0.5) is 18.9 Å². The third-order valence-corrected chi connectivity index (χ3v) is 1.67. The number of alkyl halides is 3. The van der Waals surface area contributed by atoms with E-state index in [1.54, 1.807) is 0 Å². The van der Waals surface area contributed by atoms with Crippen molar-refractivity contribution in [3.8, 4) is 5.88 Å². The number of hydrogen-bond acceptors (Lipinski definition) is 5. The molecule has 0 aliphatic heterocycles. The Morgan fingerprint density at radius 1 is 1.56 bits per heavy atom. The first kappa shape index (κ1) is 13.7. The van der Waals surface area contributed by atoms with E-state index in [9.17, 15) is 28.1 Å². The topological polar surface area (TPSA) is 103 Å². The number of ether oxygens (including phenoxy) is 1. The number of carbonyl (C=O) groups is 1. The molecule has 0 unspecified atom stereocenters. The van der Waals surface area contributed by atoms with E-state index in [2.05, 4.69) is 9.72 Å². The van der Waals surface area contributed by atoms with Gasteiger partial charge in [0.1, 0.15) is 11.8 Å². The fourth-order valence-electron chi connectivity index (χ4n) is 0.980. The molecule has 98 valence electrons. The quantitative estimate of drug-likeness (QED) is 0.656. The van der Waals surface area contributed by atoms with Crippen LogP contribution in [0.5, 0.6) is 5.88 Å². The van der Waals surface area contributed by atoms with Gasteiger partial charge >= 0.3 is 17.8 Å². The van der Waals surface area contributed by atoms with Crippen LogP contribution in [0.15, 0.2) is 12.3 Å². The first-order chi connectivity index (χ1) is 8.20. The zero-order chi connectivity index (χ0) is 13.9. The van der Waals surface area contributed by atoms with Gasteiger partial charge in [0.15, 0.2) is 6.61 Å². The SMILES string of the molecule is O=C(O)c1cc(OCC(F)(F)F)ncc1[N+](=O)[O-]. The maximum Gasteiger partial charge on any atom is 0.422 e. The molecule has 1 N–H and O–H groups in total. The number of nitro groups is 1. The molecule has 7 nitrogen and oxygen atoms in total. The van der Waals surface area contributed by atoms with Crippen LogP contribution >= 0.6 is 0 Å². The number of hydrogen-bond donors (Lipinski definition) is 1. The van der Waals surface area contributed by atoms with Gasteiger partial charge in [0.05, 0.1) is 4.92 Å². The van der Waals surface area contributed by atoms with Crippen LogP contribution in [-0.2, 0) is 0 Å². The molecule has 0 saturated heterocycles. The summed E-state index contributed by atoms with van der Waals surface area (Å²) in [6.45, 7) is -1.67. The average molecular weight is 266 g/mol. The maximum absolute atomic E-state index is 11.8. The van der Waals surface area contributed by atoms with Crippen molar-refractivity contribution in [3.63, 3.8) is 0 Å². The van der Waals surface area contributed by atoms with Crippen LogP contribution < -0.4 is 4.74 Å². The average Bonchev–Trinajstić information content (AvgIpc) is 2.24. The highest BCUT2D eigenvalue weighted by Crippen LogP contribution is 2.23. The summed E-state index contributed by atoms with van der Waals surface area (Å²) in [6.07, 6.45) is -4.10. The number of aromatic carboxylic acids is 1. The molecule has 0 aromatic carbocycles. The van der Waals surface area contributed by atoms with E-state index in [0.717, 1.165) is 0 Å². The Hall–Kier alpha value is -2.39. The van der Waals surface area contributed by atoms with Gasteiger partial charge in [-0.25, -0.2) is 9.78 Å². The fourth-order valence-corrected chi connectivity index (χ4v) is 0.980. The summed E-state index contributed by atoms with van der Waals surface area (Å²) < 4.78 is 39.7. The predicted molar refractivity (Wildman–Crippen MR) is 49.4 cm³/mol. The van der Waals surface area contributed by atoms with E-state index in [1.807, 2.05) is 0 Å². The molecule has 0 saturated carbocycles. The Balaban J connectivity index is 3.01. The highest BCUT2D eigenvalue weighted by atomic mass is 19.4. The van der Waals surface area contributed by atoms with Gasteiger partial charge in [0.2, 0.25) is 5.88 Å². The van der Waals surface area contributed by atoms with Gasteiger partial charge in [-0.05, 0) is 0 Å². The first-order valence-electron chi connectivity index (χ1n) is 4.28. The van der Waals surface area contributed by atoms with E-state index >= 15 is 0 Å². The monoisotopic (exact) mass is 266 g/mol. The molecule has 1 aromatic rings. The number of pyridine rings is 1. The van der Waals surface area contributed by atoms with Crippen molar-refractivity contribution in [2.24, 2.45) is 0 Å². The molecule has 0 aliphatic carbocycles. The first-order valence-corrected chi connectivity index (χ1v) is 4.28. The van der Waals surface area contributed by atoms with Gasteiger partial charge in [-0.15, -0.1) is 0 Å². The van der Waals surface area contributed by atoms with Crippen LogP contribution in [0.1, 0.15) is 10.4 Å². The van der Waals surface area contributed by atoms with Crippen LogP contribution in [0.3, 0.4) is 0 Å². The molecule has 0 spiro atoms. The molecule has 0 bridgehead atoms. The van der Waals surface area contributed by atoms with Crippen LogP contribution in [-0.4, -0.2) is 33.8 Å². The van der Waals surface area contributed by atoms with Crippen molar-refractivity contribution in [2.45, 2.75) is 6.18 Å². The molecule has 0 aliphatic rings. The Morgan fingerprint density at radius 2 is 2.17 bits per heavy atom. The lowest BCUT2D eigenvalue weighted by atomic mass is 10.2. The summed E-state index contributed by atoms with van der Waals surface area (Å²) in [5, 5.41) is 19.1. The third kappa shape index (κ3) is 3.57. The summed E-state index contributed by atoms with van der Waals surface area (Å²) in [5.41, 5.74) is -1.63. The van der Waals surface area contributed by atoms with Crippen molar-refractivity contribution in [1.29, 1.82) is 0 Å². The number of nitrogens with zero attached hydrogens (tertiary/aromatic N) is 2. The van der Waals surface area contributed by atoms with E-state index in [1.165, 1.54) is 0 Å². The Morgan fingerprint density at radius 3 is 2.61 bits per heavy atom. The van der Waals surface area contributed by atoms with Crippen molar-refractivity contribution in [1.82, 2.24) is 4.98 Å². The van der Waals surface area contributed by atoms with E-state index in [-0.39, 0.29) is 0 Å². The number of halogens is 3. The van der Waals surface area contributed by atoms with Crippen LogP contribution in [0, 0.1) is 10.1 Å². The molecule has 1 aromatic heterocycles. The largest absolute Gasteiger partial charge is 0.477 e. The lowest BCUT2D eigenvalue weighted by molar-refractivity contribution is -0.385. The minimum Gasteiger partial charge on any atom is -0.477 e. The van der Waals surface area contributed by atoms with Crippen LogP contribution in [0.25, 0.3) is 0 Å². The lowest BCUT2D eigenvalue weighted by Crippen LogP contribution is -2.20. The molecule has 0 fully saturated rings. The van der Waals surface area contributed by atoms with Crippen molar-refractivity contribution >= 4 is 11.7 Å². The number of aromatic nitrogens is 1. The van der Waals surface area contributed by atoms with Crippen molar-refractivity contribution in [3.05, 3.63) is 27.9 Å². The second-order valence-corrected chi connectivity index (χ2v) is 3.01. The van der Waals surface area contributed by atoms with Crippen LogP contribution in [0.2, 0.25) is 0 Å². The lowest BCUT2D eigenvalue weighted by Gasteiger charge is -2.08. The summed E-state index contributed by atoms with van der Waals surface area (Å²) in [6, 6.07) is 0.562. The Bertz CT molecular complexity index is 488. The van der Waals surface area contributed by atoms with Crippen molar-refractivity contribution < 1.29 is 32.7 Å². The summed E-state index contributed by atoms with van der Waals surface area (Å²) in [4.78, 5) is 23.3. The normalized spacial score (nSPS) is 11.1. The van der Waals surface area contributed by atoms with Gasteiger partial charge in [-0.3, -0.25) is 10.1 Å². The molecule has 0 radical (unpaired) electrons. The molecule has 1 rings (SSSR count). The Labute approximate surface area is 97.0 Å². The highest BCUT2D eigenvalue weighted by Gasteiger charge is 2.29. The number of carboxylic acids is 1. The van der Waals surface area contributed by atoms with Gasteiger partial charge in [-0.2, -0.15) is 13.2 Å². The molecule has 10 heteroatoms. The molecular formula is C8H5F3N2O5. The maximum atomic E-state index is 11.8. The minimum atomic E-state index is -4.62. The Kier molecular flexibility index (Phi) is 3.69. The van der Waals surface area contributed by atoms with E-state index < -0.39 is 40.8 Å². The summed E-state index contributed by atoms with van der Waals surface area (Å²) >= 11 is 0. The second-order valence-electron chi connectivity index (χ2n) is 3.01. The van der Waals surface area contributed by atoms with E-state index in [0.29, 0.717) is 12.3 Å². The summed E-state index contributed by atoms with van der Waals surface area (Å²) in [5.74, 6) is -2.32. The summed E-state index contributed by atoms with van der Waals surface area (Å²) in [7, 11) is 0. The van der Waals surface area contributed by atoms with Gasteiger partial charge in [0.25, 0.3) is 0 Å². The highest BCUT2D eigenvalue weighted by molar-refractivity contribution is 5.92. The minimum absolute atomic E-state index is 0.523.